The van der Waals surface area contributed by atoms with Crippen molar-refractivity contribution >= 4 is 29.1 Å². The summed E-state index contributed by atoms with van der Waals surface area (Å²) in [5.41, 5.74) is 2.36. The van der Waals surface area contributed by atoms with E-state index < -0.39 is 41.6 Å². The Morgan fingerprint density at radius 3 is 2.44 bits per heavy atom. The maximum Gasteiger partial charge on any atom is 0.272 e. The molecule has 1 aliphatic rings. The number of pyridine rings is 1. The number of carbonyl (C=O) groups excluding carboxylic acids is 3. The average Bonchev–Trinajstić information content (AvgIpc) is 2.94. The summed E-state index contributed by atoms with van der Waals surface area (Å²) in [5, 5.41) is 5.06. The van der Waals surface area contributed by atoms with Gasteiger partial charge in [0.2, 0.25) is 18.0 Å². The molecule has 3 amide bonds. The van der Waals surface area contributed by atoms with Crippen LogP contribution in [0.1, 0.15) is 23.7 Å². The van der Waals surface area contributed by atoms with E-state index in [4.69, 9.17) is 0 Å². The second-order valence-corrected chi connectivity index (χ2v) is 8.26. The SMILES string of the molecule is CC(NC(=O)Cc1cc(F)cc(F)c1)C(=O)NC1N=C(c2ccccn2)c2ccccc2N(C)C1=O. The summed E-state index contributed by atoms with van der Waals surface area (Å²) in [6, 6.07) is 14.2. The number of aromatic nitrogens is 1. The molecule has 0 radical (unpaired) electrons. The highest BCUT2D eigenvalue weighted by atomic mass is 19.1. The van der Waals surface area contributed by atoms with Gasteiger partial charge in [-0.2, -0.15) is 0 Å². The smallest absolute Gasteiger partial charge is 0.272 e. The monoisotopic (exact) mass is 491 g/mol. The molecular formula is C26H23F2N5O3. The summed E-state index contributed by atoms with van der Waals surface area (Å²) in [7, 11) is 1.58. The Morgan fingerprint density at radius 2 is 1.75 bits per heavy atom. The van der Waals surface area contributed by atoms with Gasteiger partial charge in [-0.15, -0.1) is 0 Å². The summed E-state index contributed by atoms with van der Waals surface area (Å²) >= 11 is 0. The number of benzodiazepines with no additional fused rings is 1. The van der Waals surface area contributed by atoms with Gasteiger partial charge in [0.05, 0.1) is 23.5 Å². The Bertz CT molecular complexity index is 1330. The van der Waals surface area contributed by atoms with Crippen LogP contribution in [0, 0.1) is 11.6 Å². The maximum absolute atomic E-state index is 13.4. The Hall–Kier alpha value is -4.47. The van der Waals surface area contributed by atoms with Gasteiger partial charge < -0.3 is 15.5 Å². The van der Waals surface area contributed by atoms with Gasteiger partial charge in [0, 0.05) is 24.9 Å². The number of rotatable bonds is 6. The fourth-order valence-corrected chi connectivity index (χ4v) is 3.84. The average molecular weight is 491 g/mol. The number of likely N-dealkylation sites (N-methyl/N-ethyl adjacent to an activating group) is 1. The van der Waals surface area contributed by atoms with Crippen molar-refractivity contribution in [2.45, 2.75) is 25.6 Å². The van der Waals surface area contributed by atoms with Crippen molar-refractivity contribution in [2.24, 2.45) is 4.99 Å². The number of fused-ring (bicyclic) bond motifs is 1. The molecule has 2 heterocycles. The summed E-state index contributed by atoms with van der Waals surface area (Å²) in [4.78, 5) is 48.7. The molecule has 10 heteroatoms. The van der Waals surface area contributed by atoms with E-state index in [0.717, 1.165) is 12.1 Å². The van der Waals surface area contributed by atoms with Crippen LogP contribution in [0.15, 0.2) is 71.9 Å². The number of halogens is 2. The van der Waals surface area contributed by atoms with Crippen LogP contribution in [0.3, 0.4) is 0 Å². The number of hydrogen-bond acceptors (Lipinski definition) is 5. The molecular weight excluding hydrogens is 468 g/mol. The molecule has 0 spiro atoms. The zero-order valence-corrected chi connectivity index (χ0v) is 19.5. The summed E-state index contributed by atoms with van der Waals surface area (Å²) in [6.07, 6.45) is 0.00454. The molecule has 2 atom stereocenters. The lowest BCUT2D eigenvalue weighted by Crippen LogP contribution is -2.52. The van der Waals surface area contributed by atoms with Crippen molar-refractivity contribution < 1.29 is 23.2 Å². The minimum Gasteiger partial charge on any atom is -0.344 e. The van der Waals surface area contributed by atoms with E-state index in [1.165, 1.54) is 11.8 Å². The van der Waals surface area contributed by atoms with Crippen molar-refractivity contribution in [1.82, 2.24) is 15.6 Å². The zero-order valence-electron chi connectivity index (χ0n) is 19.5. The number of carbonyl (C=O) groups is 3. The highest BCUT2D eigenvalue weighted by molar-refractivity contribution is 6.19. The summed E-state index contributed by atoms with van der Waals surface area (Å²) in [6.45, 7) is 1.43. The fraction of sp³-hybridized carbons (Fsp3) is 0.192. The van der Waals surface area contributed by atoms with Crippen molar-refractivity contribution in [2.75, 3.05) is 11.9 Å². The third-order valence-corrected chi connectivity index (χ3v) is 5.59. The number of nitrogens with one attached hydrogen (secondary N) is 2. The maximum atomic E-state index is 13.4. The molecule has 1 aliphatic heterocycles. The summed E-state index contributed by atoms with van der Waals surface area (Å²) in [5.74, 6) is -3.35. The molecule has 184 valence electrons. The van der Waals surface area contributed by atoms with E-state index in [1.807, 2.05) is 12.1 Å². The normalized spacial score (nSPS) is 15.9. The Labute approximate surface area is 206 Å². The number of aliphatic imine (C=N–C) groups is 1. The molecule has 3 aromatic rings. The zero-order chi connectivity index (χ0) is 25.8. The number of amides is 3. The molecule has 0 saturated heterocycles. The van der Waals surface area contributed by atoms with E-state index in [2.05, 4.69) is 20.6 Å². The lowest BCUT2D eigenvalue weighted by atomic mass is 10.0. The molecule has 2 N–H and O–H groups in total. The molecule has 4 rings (SSSR count). The molecule has 0 bridgehead atoms. The Balaban J connectivity index is 1.53. The lowest BCUT2D eigenvalue weighted by molar-refractivity contribution is -0.130. The van der Waals surface area contributed by atoms with E-state index in [0.29, 0.717) is 28.7 Å². The molecule has 0 saturated carbocycles. The Morgan fingerprint density at radius 1 is 1.06 bits per heavy atom. The van der Waals surface area contributed by atoms with Crippen LogP contribution in [0.5, 0.6) is 0 Å². The first-order valence-corrected chi connectivity index (χ1v) is 11.1. The first kappa shape index (κ1) is 24.6. The van der Waals surface area contributed by atoms with Gasteiger partial charge in [-0.05, 0) is 42.8 Å². The van der Waals surface area contributed by atoms with Crippen LogP contribution in [0.4, 0.5) is 14.5 Å². The largest absolute Gasteiger partial charge is 0.344 e. The highest BCUT2D eigenvalue weighted by Gasteiger charge is 2.32. The third-order valence-electron chi connectivity index (χ3n) is 5.59. The Kier molecular flexibility index (Phi) is 7.14. The molecule has 36 heavy (non-hydrogen) atoms. The standard InChI is InChI=1S/C26H23F2N5O3/c1-15(30-22(34)13-16-11-17(27)14-18(28)12-16)25(35)32-24-26(36)33(2)21-9-4-3-7-19(21)23(31-24)20-8-5-6-10-29-20/h3-12,14-15,24H,13H2,1-2H3,(H,30,34)(H,32,35). The van der Waals surface area contributed by atoms with Crippen LogP contribution in [-0.2, 0) is 20.8 Å². The number of nitrogens with zero attached hydrogens (tertiary/aromatic N) is 3. The molecule has 0 fully saturated rings. The van der Waals surface area contributed by atoms with Crippen LogP contribution in [0.2, 0.25) is 0 Å². The van der Waals surface area contributed by atoms with Crippen LogP contribution >= 0.6 is 0 Å². The van der Waals surface area contributed by atoms with Gasteiger partial charge in [-0.3, -0.25) is 19.4 Å². The van der Waals surface area contributed by atoms with E-state index in [1.54, 1.807) is 43.6 Å². The van der Waals surface area contributed by atoms with Crippen molar-refractivity contribution in [3.63, 3.8) is 0 Å². The van der Waals surface area contributed by atoms with Gasteiger partial charge in [0.25, 0.3) is 5.91 Å². The number of hydrogen-bond donors (Lipinski definition) is 2. The van der Waals surface area contributed by atoms with Crippen LogP contribution < -0.4 is 15.5 Å². The van der Waals surface area contributed by atoms with Gasteiger partial charge >= 0.3 is 0 Å². The molecule has 2 aromatic carbocycles. The number of anilines is 1. The van der Waals surface area contributed by atoms with Gasteiger partial charge in [-0.1, -0.05) is 24.3 Å². The van der Waals surface area contributed by atoms with Crippen molar-refractivity contribution in [1.29, 1.82) is 0 Å². The van der Waals surface area contributed by atoms with Gasteiger partial charge in [-0.25, -0.2) is 13.8 Å². The highest BCUT2D eigenvalue weighted by Crippen LogP contribution is 2.26. The van der Waals surface area contributed by atoms with E-state index in [-0.39, 0.29) is 12.0 Å². The minimum atomic E-state index is -1.27. The lowest BCUT2D eigenvalue weighted by Gasteiger charge is -2.22. The van der Waals surface area contributed by atoms with Gasteiger partial charge in [0.1, 0.15) is 17.7 Å². The number of benzene rings is 2. The van der Waals surface area contributed by atoms with Crippen molar-refractivity contribution in [3.05, 3.63) is 95.3 Å². The van der Waals surface area contributed by atoms with Crippen LogP contribution in [0.25, 0.3) is 0 Å². The summed E-state index contributed by atoms with van der Waals surface area (Å²) < 4.78 is 26.8. The minimum absolute atomic E-state index is 0.126. The third kappa shape index (κ3) is 5.43. The van der Waals surface area contributed by atoms with Crippen LogP contribution in [-0.4, -0.2) is 47.7 Å². The van der Waals surface area contributed by atoms with Crippen molar-refractivity contribution in [3.8, 4) is 0 Å². The first-order valence-electron chi connectivity index (χ1n) is 11.1. The predicted octanol–water partition coefficient (Wildman–Crippen LogP) is 2.36. The van der Waals surface area contributed by atoms with Gasteiger partial charge in [0.15, 0.2) is 0 Å². The molecule has 1 aromatic heterocycles. The molecule has 0 aliphatic carbocycles. The predicted molar refractivity (Wildman–Crippen MR) is 129 cm³/mol. The second kappa shape index (κ2) is 10.4. The fourth-order valence-electron chi connectivity index (χ4n) is 3.84. The van der Waals surface area contributed by atoms with E-state index in [9.17, 15) is 23.2 Å². The second-order valence-electron chi connectivity index (χ2n) is 8.26. The molecule has 2 unspecified atom stereocenters. The first-order chi connectivity index (χ1) is 17.2. The molecule has 8 nitrogen and oxygen atoms in total. The quantitative estimate of drug-likeness (QED) is 0.553. The topological polar surface area (TPSA) is 104 Å². The number of para-hydroxylation sites is 1. The van der Waals surface area contributed by atoms with E-state index >= 15 is 0 Å².